The molecule has 1 aromatic rings. The van der Waals surface area contributed by atoms with E-state index in [9.17, 15) is 8.42 Å². The zero-order chi connectivity index (χ0) is 15.8. The van der Waals surface area contributed by atoms with Gasteiger partial charge in [-0.25, -0.2) is 8.42 Å². The van der Waals surface area contributed by atoms with Gasteiger partial charge in [0.15, 0.2) is 9.84 Å². The third-order valence-electron chi connectivity index (χ3n) is 3.66. The van der Waals surface area contributed by atoms with Gasteiger partial charge >= 0.3 is 0 Å². The second-order valence-corrected chi connectivity index (χ2v) is 8.92. The highest BCUT2D eigenvalue weighted by Gasteiger charge is 2.31. The first-order valence-electron chi connectivity index (χ1n) is 7.25. The van der Waals surface area contributed by atoms with Crippen molar-refractivity contribution >= 4 is 9.84 Å². The second kappa shape index (κ2) is 5.70. The Morgan fingerprint density at radius 3 is 2.57 bits per heavy atom. The van der Waals surface area contributed by atoms with Crippen molar-refractivity contribution in [2.45, 2.75) is 59.2 Å². The normalized spacial score (nSPS) is 21.9. The largest absolute Gasteiger partial charge is 0.296 e. The predicted molar refractivity (Wildman–Crippen MR) is 81.7 cm³/mol. The van der Waals surface area contributed by atoms with Gasteiger partial charge < -0.3 is 0 Å². The molecular formula is C14H25N3O3S. The van der Waals surface area contributed by atoms with Crippen molar-refractivity contribution in [2.75, 3.05) is 11.5 Å². The molecule has 0 aliphatic carbocycles. The fourth-order valence-electron chi connectivity index (χ4n) is 2.60. The summed E-state index contributed by atoms with van der Waals surface area (Å²) in [7, 11) is -2.90. The average Bonchev–Trinajstić information content (AvgIpc) is 2.81. The molecule has 120 valence electrons. The number of aryl methyl sites for hydroxylation is 1. The van der Waals surface area contributed by atoms with Crippen molar-refractivity contribution in [1.82, 2.24) is 15.3 Å². The molecule has 1 unspecified atom stereocenters. The fourth-order valence-corrected chi connectivity index (χ4v) is 4.29. The van der Waals surface area contributed by atoms with E-state index in [-0.39, 0.29) is 23.1 Å². The molecule has 0 radical (unpaired) electrons. The van der Waals surface area contributed by atoms with E-state index < -0.39 is 9.84 Å². The minimum Gasteiger partial charge on any atom is -0.296 e. The van der Waals surface area contributed by atoms with E-state index in [4.69, 9.17) is 4.84 Å². The lowest BCUT2D eigenvalue weighted by Gasteiger charge is -2.19. The van der Waals surface area contributed by atoms with Gasteiger partial charge in [0.1, 0.15) is 0 Å². The van der Waals surface area contributed by atoms with Crippen LogP contribution in [-0.4, -0.2) is 35.3 Å². The summed E-state index contributed by atoms with van der Waals surface area (Å²) in [5.41, 5.74) is 5.72. The lowest BCUT2D eigenvalue weighted by atomic mass is 10.2. The molecule has 0 spiro atoms. The third-order valence-corrected chi connectivity index (χ3v) is 5.41. The first-order chi connectivity index (χ1) is 9.59. The highest BCUT2D eigenvalue weighted by Crippen LogP contribution is 2.26. The summed E-state index contributed by atoms with van der Waals surface area (Å²) in [6.07, 6.45) is 0.648. The minimum absolute atomic E-state index is 0.0361. The van der Waals surface area contributed by atoms with Gasteiger partial charge in [-0.15, -0.1) is 0 Å². The second-order valence-electron chi connectivity index (χ2n) is 6.69. The monoisotopic (exact) mass is 315 g/mol. The van der Waals surface area contributed by atoms with Crippen LogP contribution in [0.25, 0.3) is 0 Å². The predicted octanol–water partition coefficient (Wildman–Crippen LogP) is 1.68. The molecule has 21 heavy (non-hydrogen) atoms. The topological polar surface area (TPSA) is 73.2 Å². The van der Waals surface area contributed by atoms with Gasteiger partial charge in [-0.3, -0.25) is 9.52 Å². The summed E-state index contributed by atoms with van der Waals surface area (Å²) < 4.78 is 25.1. The molecule has 2 heterocycles. The first kappa shape index (κ1) is 16.5. The molecule has 1 saturated heterocycles. The summed E-state index contributed by atoms with van der Waals surface area (Å²) in [6.45, 7) is 10.4. The van der Waals surface area contributed by atoms with Gasteiger partial charge in [0.05, 0.1) is 28.8 Å². The molecule has 0 aromatic carbocycles. The Bertz CT molecular complexity index is 614. The highest BCUT2D eigenvalue weighted by molar-refractivity contribution is 7.91. The Hall–Kier alpha value is -0.920. The van der Waals surface area contributed by atoms with Crippen LogP contribution >= 0.6 is 0 Å². The van der Waals surface area contributed by atoms with Gasteiger partial charge in [-0.2, -0.15) is 10.6 Å². The third kappa shape index (κ3) is 4.05. The van der Waals surface area contributed by atoms with Crippen LogP contribution in [0.3, 0.4) is 0 Å². The first-order valence-corrected chi connectivity index (χ1v) is 9.07. The van der Waals surface area contributed by atoms with Crippen LogP contribution in [0, 0.1) is 13.8 Å². The van der Waals surface area contributed by atoms with Gasteiger partial charge in [-0.05, 0) is 41.0 Å². The molecule has 1 aliphatic rings. The summed E-state index contributed by atoms with van der Waals surface area (Å²) in [5.74, 6) is 0.455. The summed E-state index contributed by atoms with van der Waals surface area (Å²) in [5, 5.41) is 4.53. The number of sulfone groups is 1. The zero-order valence-corrected chi connectivity index (χ0v) is 14.2. The van der Waals surface area contributed by atoms with Crippen molar-refractivity contribution in [1.29, 1.82) is 0 Å². The van der Waals surface area contributed by atoms with Crippen molar-refractivity contribution in [3.8, 4) is 0 Å². The Morgan fingerprint density at radius 1 is 1.38 bits per heavy atom. The van der Waals surface area contributed by atoms with E-state index in [0.29, 0.717) is 13.0 Å². The maximum absolute atomic E-state index is 11.6. The standard InChI is InChI=1S/C14H25N3O3S/c1-10-13(8-15-20-14(3,4)5)11(2)17(16-10)12-6-7-21(18,19)9-12/h12,15H,6-9H2,1-5H3. The molecule has 1 aromatic heterocycles. The van der Waals surface area contributed by atoms with Crippen LogP contribution in [0.15, 0.2) is 0 Å². The van der Waals surface area contributed by atoms with Crippen LogP contribution in [0.1, 0.15) is 50.2 Å². The Balaban J connectivity index is 2.11. The fraction of sp³-hybridized carbons (Fsp3) is 0.786. The summed E-state index contributed by atoms with van der Waals surface area (Å²) in [4.78, 5) is 5.53. The van der Waals surface area contributed by atoms with Gasteiger partial charge in [-0.1, -0.05) is 0 Å². The smallest absolute Gasteiger partial charge is 0.152 e. The van der Waals surface area contributed by atoms with Gasteiger partial charge in [0.2, 0.25) is 0 Å². The van der Waals surface area contributed by atoms with Crippen molar-refractivity contribution in [2.24, 2.45) is 0 Å². The summed E-state index contributed by atoms with van der Waals surface area (Å²) >= 11 is 0. The minimum atomic E-state index is -2.90. The molecule has 6 nitrogen and oxygen atoms in total. The number of hydrogen-bond acceptors (Lipinski definition) is 5. The Kier molecular flexibility index (Phi) is 4.46. The van der Waals surface area contributed by atoms with Crippen molar-refractivity contribution in [3.05, 3.63) is 17.0 Å². The van der Waals surface area contributed by atoms with Crippen LogP contribution < -0.4 is 5.48 Å². The van der Waals surface area contributed by atoms with E-state index in [1.807, 2.05) is 39.3 Å². The van der Waals surface area contributed by atoms with Crippen LogP contribution in [0.5, 0.6) is 0 Å². The van der Waals surface area contributed by atoms with Crippen LogP contribution in [0.4, 0.5) is 0 Å². The van der Waals surface area contributed by atoms with Gasteiger partial charge in [0.25, 0.3) is 0 Å². The molecular weight excluding hydrogens is 290 g/mol. The average molecular weight is 315 g/mol. The number of nitrogens with one attached hydrogen (secondary N) is 1. The van der Waals surface area contributed by atoms with Gasteiger partial charge in [0, 0.05) is 17.8 Å². The lowest BCUT2D eigenvalue weighted by molar-refractivity contribution is -0.0758. The molecule has 1 N–H and O–H groups in total. The van der Waals surface area contributed by atoms with E-state index in [1.165, 1.54) is 0 Å². The molecule has 0 bridgehead atoms. The van der Waals surface area contributed by atoms with E-state index in [0.717, 1.165) is 17.0 Å². The molecule has 1 aliphatic heterocycles. The molecule has 0 amide bonds. The van der Waals surface area contributed by atoms with Crippen LogP contribution in [0.2, 0.25) is 0 Å². The number of nitrogens with zero attached hydrogens (tertiary/aromatic N) is 2. The van der Waals surface area contributed by atoms with Crippen molar-refractivity contribution < 1.29 is 13.3 Å². The number of rotatable bonds is 4. The number of hydrogen-bond donors (Lipinski definition) is 1. The van der Waals surface area contributed by atoms with E-state index in [1.54, 1.807) is 0 Å². The quantitative estimate of drug-likeness (QED) is 0.856. The Labute approximate surface area is 126 Å². The lowest BCUT2D eigenvalue weighted by Crippen LogP contribution is -2.29. The van der Waals surface area contributed by atoms with Crippen molar-refractivity contribution in [3.63, 3.8) is 0 Å². The summed E-state index contributed by atoms with van der Waals surface area (Å²) in [6, 6.07) is -0.0361. The molecule has 7 heteroatoms. The SMILES string of the molecule is Cc1nn(C2CCS(=O)(=O)C2)c(C)c1CNOC(C)(C)C. The molecule has 1 fully saturated rings. The zero-order valence-electron chi connectivity index (χ0n) is 13.4. The van der Waals surface area contributed by atoms with E-state index >= 15 is 0 Å². The molecule has 2 rings (SSSR count). The highest BCUT2D eigenvalue weighted by atomic mass is 32.2. The molecule has 0 saturated carbocycles. The number of aromatic nitrogens is 2. The Morgan fingerprint density at radius 2 is 2.05 bits per heavy atom. The molecule has 1 atom stereocenters. The van der Waals surface area contributed by atoms with E-state index in [2.05, 4.69) is 10.6 Å². The maximum Gasteiger partial charge on any atom is 0.152 e. The van der Waals surface area contributed by atoms with Crippen LogP contribution in [-0.2, 0) is 21.2 Å². The maximum atomic E-state index is 11.6. The number of hydroxylamine groups is 1.